The van der Waals surface area contributed by atoms with Crippen molar-refractivity contribution in [2.75, 3.05) is 13.1 Å². The van der Waals surface area contributed by atoms with Crippen molar-refractivity contribution in [3.8, 4) is 0 Å². The zero-order valence-electron chi connectivity index (χ0n) is 11.2. The molecule has 0 N–H and O–H groups in total. The highest BCUT2D eigenvalue weighted by molar-refractivity contribution is 5.80. The maximum absolute atomic E-state index is 12.5. The standard InChI is InChI=1S/C15H25NO/c1-3-5-9-16(8-4-2)15(17)14-11-12-6-7-13(14)10-12/h6-7,12-14H,3-5,8-11H2,1-2H3. The van der Waals surface area contributed by atoms with E-state index in [1.807, 2.05) is 0 Å². The molecule has 3 atom stereocenters. The van der Waals surface area contributed by atoms with Gasteiger partial charge in [0.25, 0.3) is 0 Å². The molecule has 2 bridgehead atoms. The van der Waals surface area contributed by atoms with Crippen LogP contribution in [0.25, 0.3) is 0 Å². The van der Waals surface area contributed by atoms with E-state index in [1.165, 1.54) is 12.8 Å². The summed E-state index contributed by atoms with van der Waals surface area (Å²) >= 11 is 0. The number of allylic oxidation sites excluding steroid dienone is 2. The van der Waals surface area contributed by atoms with Crippen molar-refractivity contribution < 1.29 is 4.79 Å². The second kappa shape index (κ2) is 5.70. The van der Waals surface area contributed by atoms with Crippen LogP contribution in [0.2, 0.25) is 0 Å². The molecule has 0 aromatic rings. The van der Waals surface area contributed by atoms with Gasteiger partial charge in [-0.3, -0.25) is 4.79 Å². The van der Waals surface area contributed by atoms with Gasteiger partial charge in [0, 0.05) is 19.0 Å². The van der Waals surface area contributed by atoms with Crippen molar-refractivity contribution in [2.24, 2.45) is 17.8 Å². The average Bonchev–Trinajstić information content (AvgIpc) is 2.95. The summed E-state index contributed by atoms with van der Waals surface area (Å²) in [6.07, 6.45) is 10.3. The number of hydrogen-bond acceptors (Lipinski definition) is 1. The summed E-state index contributed by atoms with van der Waals surface area (Å²) in [5, 5.41) is 0. The fourth-order valence-corrected chi connectivity index (χ4v) is 3.25. The number of fused-ring (bicyclic) bond motifs is 2. The Balaban J connectivity index is 1.93. The molecule has 17 heavy (non-hydrogen) atoms. The summed E-state index contributed by atoms with van der Waals surface area (Å²) in [7, 11) is 0. The zero-order chi connectivity index (χ0) is 12.3. The van der Waals surface area contributed by atoms with Gasteiger partial charge in [0.05, 0.1) is 0 Å². The third-order valence-electron chi connectivity index (χ3n) is 4.18. The topological polar surface area (TPSA) is 20.3 Å². The van der Waals surface area contributed by atoms with Crippen LogP contribution >= 0.6 is 0 Å². The predicted molar refractivity (Wildman–Crippen MR) is 70.6 cm³/mol. The lowest BCUT2D eigenvalue weighted by molar-refractivity contribution is -0.136. The van der Waals surface area contributed by atoms with Crippen molar-refractivity contribution in [2.45, 2.75) is 46.0 Å². The van der Waals surface area contributed by atoms with Crippen LogP contribution in [0.5, 0.6) is 0 Å². The van der Waals surface area contributed by atoms with Crippen LogP contribution in [-0.2, 0) is 4.79 Å². The molecule has 0 spiro atoms. The molecular formula is C15H25NO. The average molecular weight is 235 g/mol. The number of unbranched alkanes of at least 4 members (excludes halogenated alkanes) is 1. The van der Waals surface area contributed by atoms with Crippen LogP contribution in [0.1, 0.15) is 46.0 Å². The van der Waals surface area contributed by atoms with Crippen molar-refractivity contribution >= 4 is 5.91 Å². The molecule has 2 nitrogen and oxygen atoms in total. The van der Waals surface area contributed by atoms with Crippen LogP contribution in [0.3, 0.4) is 0 Å². The molecule has 3 unspecified atom stereocenters. The molecule has 0 aromatic carbocycles. The van der Waals surface area contributed by atoms with Gasteiger partial charge in [-0.25, -0.2) is 0 Å². The maximum Gasteiger partial charge on any atom is 0.226 e. The largest absolute Gasteiger partial charge is 0.342 e. The van der Waals surface area contributed by atoms with Gasteiger partial charge in [-0.1, -0.05) is 32.4 Å². The van der Waals surface area contributed by atoms with E-state index >= 15 is 0 Å². The van der Waals surface area contributed by atoms with E-state index in [0.29, 0.717) is 23.7 Å². The van der Waals surface area contributed by atoms with Gasteiger partial charge in [0.1, 0.15) is 0 Å². The molecule has 0 radical (unpaired) electrons. The lowest BCUT2D eigenvalue weighted by Crippen LogP contribution is -2.38. The van der Waals surface area contributed by atoms with Gasteiger partial charge in [-0.2, -0.15) is 0 Å². The van der Waals surface area contributed by atoms with E-state index in [0.717, 1.165) is 32.4 Å². The van der Waals surface area contributed by atoms with E-state index in [2.05, 4.69) is 30.9 Å². The molecular weight excluding hydrogens is 210 g/mol. The summed E-state index contributed by atoms with van der Waals surface area (Å²) in [5.41, 5.74) is 0. The first-order chi connectivity index (χ1) is 8.26. The summed E-state index contributed by atoms with van der Waals surface area (Å²) < 4.78 is 0. The molecule has 1 amide bonds. The molecule has 1 fully saturated rings. The molecule has 0 aliphatic heterocycles. The minimum absolute atomic E-state index is 0.299. The zero-order valence-corrected chi connectivity index (χ0v) is 11.2. The fraction of sp³-hybridized carbons (Fsp3) is 0.800. The van der Waals surface area contributed by atoms with Gasteiger partial charge in [-0.05, 0) is 37.5 Å². The molecule has 2 rings (SSSR count). The van der Waals surface area contributed by atoms with Gasteiger partial charge in [0.2, 0.25) is 5.91 Å². The first kappa shape index (κ1) is 12.7. The third kappa shape index (κ3) is 2.72. The highest BCUT2D eigenvalue weighted by Crippen LogP contribution is 2.44. The lowest BCUT2D eigenvalue weighted by atomic mass is 9.92. The number of carbonyl (C=O) groups excluding carboxylic acids is 1. The van der Waals surface area contributed by atoms with Crippen molar-refractivity contribution in [3.05, 3.63) is 12.2 Å². The van der Waals surface area contributed by atoms with E-state index < -0.39 is 0 Å². The Morgan fingerprint density at radius 3 is 2.53 bits per heavy atom. The Kier molecular flexibility index (Phi) is 4.25. The third-order valence-corrected chi connectivity index (χ3v) is 4.18. The van der Waals surface area contributed by atoms with E-state index in [-0.39, 0.29) is 0 Å². The van der Waals surface area contributed by atoms with Crippen LogP contribution in [-0.4, -0.2) is 23.9 Å². The monoisotopic (exact) mass is 235 g/mol. The summed E-state index contributed by atoms with van der Waals surface area (Å²) in [4.78, 5) is 14.6. The Labute approximate surface area is 105 Å². The summed E-state index contributed by atoms with van der Waals surface area (Å²) in [6.45, 7) is 6.25. The predicted octanol–water partition coefficient (Wildman–Crippen LogP) is 3.24. The first-order valence-electron chi connectivity index (χ1n) is 7.23. The first-order valence-corrected chi connectivity index (χ1v) is 7.23. The molecule has 2 aliphatic rings. The van der Waals surface area contributed by atoms with Gasteiger partial charge in [-0.15, -0.1) is 0 Å². The second-order valence-corrected chi connectivity index (χ2v) is 5.57. The Morgan fingerprint density at radius 1 is 1.18 bits per heavy atom. The maximum atomic E-state index is 12.5. The van der Waals surface area contributed by atoms with Crippen LogP contribution < -0.4 is 0 Å². The lowest BCUT2D eigenvalue weighted by Gasteiger charge is -2.28. The molecule has 1 saturated carbocycles. The molecule has 2 heteroatoms. The highest BCUT2D eigenvalue weighted by Gasteiger charge is 2.41. The highest BCUT2D eigenvalue weighted by atomic mass is 16.2. The van der Waals surface area contributed by atoms with E-state index in [1.54, 1.807) is 0 Å². The minimum atomic E-state index is 0.299. The second-order valence-electron chi connectivity index (χ2n) is 5.57. The van der Waals surface area contributed by atoms with Crippen molar-refractivity contribution in [3.63, 3.8) is 0 Å². The van der Waals surface area contributed by atoms with Crippen LogP contribution in [0.4, 0.5) is 0 Å². The van der Waals surface area contributed by atoms with Gasteiger partial charge >= 0.3 is 0 Å². The molecule has 96 valence electrons. The molecule has 0 aromatic heterocycles. The van der Waals surface area contributed by atoms with E-state index in [9.17, 15) is 4.79 Å². The number of amides is 1. The van der Waals surface area contributed by atoms with Crippen LogP contribution in [0, 0.1) is 17.8 Å². The van der Waals surface area contributed by atoms with Gasteiger partial charge < -0.3 is 4.90 Å². The number of hydrogen-bond donors (Lipinski definition) is 0. The molecule has 0 saturated heterocycles. The van der Waals surface area contributed by atoms with Gasteiger partial charge in [0.15, 0.2) is 0 Å². The molecule has 0 heterocycles. The molecule has 2 aliphatic carbocycles. The van der Waals surface area contributed by atoms with Crippen LogP contribution in [0.15, 0.2) is 12.2 Å². The SMILES string of the molecule is CCCCN(CCC)C(=O)C1CC2C=CC1C2. The smallest absolute Gasteiger partial charge is 0.226 e. The van der Waals surface area contributed by atoms with Crippen molar-refractivity contribution in [1.29, 1.82) is 0 Å². The number of carbonyl (C=O) groups is 1. The Hall–Kier alpha value is -0.790. The summed E-state index contributed by atoms with van der Waals surface area (Å²) in [6, 6.07) is 0. The Morgan fingerprint density at radius 2 is 2.00 bits per heavy atom. The van der Waals surface area contributed by atoms with Crippen molar-refractivity contribution in [1.82, 2.24) is 4.90 Å². The number of rotatable bonds is 6. The van der Waals surface area contributed by atoms with E-state index in [4.69, 9.17) is 0 Å². The normalized spacial score (nSPS) is 29.9. The quantitative estimate of drug-likeness (QED) is 0.647. The summed E-state index contributed by atoms with van der Waals surface area (Å²) in [5.74, 6) is 1.97. The fourth-order valence-electron chi connectivity index (χ4n) is 3.25. The Bertz CT molecular complexity index is 297. The number of nitrogens with zero attached hydrogens (tertiary/aromatic N) is 1. The minimum Gasteiger partial charge on any atom is -0.342 e.